The molecular formula is C12H17N5O. The van der Waals surface area contributed by atoms with E-state index in [4.69, 9.17) is 4.74 Å². The van der Waals surface area contributed by atoms with E-state index in [2.05, 4.69) is 25.3 Å². The Kier molecular flexibility index (Phi) is 4.11. The molecule has 0 amide bonds. The van der Waals surface area contributed by atoms with Crippen molar-refractivity contribution in [3.05, 3.63) is 30.1 Å². The van der Waals surface area contributed by atoms with Crippen LogP contribution in [-0.2, 0) is 6.42 Å². The van der Waals surface area contributed by atoms with Gasteiger partial charge in [0.25, 0.3) is 0 Å². The van der Waals surface area contributed by atoms with Gasteiger partial charge in [-0.1, -0.05) is 0 Å². The van der Waals surface area contributed by atoms with E-state index in [-0.39, 0.29) is 0 Å². The summed E-state index contributed by atoms with van der Waals surface area (Å²) >= 11 is 0. The van der Waals surface area contributed by atoms with E-state index in [0.29, 0.717) is 11.7 Å². The average Bonchev–Trinajstić information content (AvgIpc) is 2.87. The minimum atomic E-state index is 0.580. The number of hydrogen-bond donors (Lipinski definition) is 2. The zero-order valence-corrected chi connectivity index (χ0v) is 10.6. The number of methoxy groups -OCH3 is 1. The summed E-state index contributed by atoms with van der Waals surface area (Å²) in [4.78, 5) is 15.7. The van der Waals surface area contributed by atoms with Gasteiger partial charge in [0.15, 0.2) is 0 Å². The van der Waals surface area contributed by atoms with Crippen LogP contribution in [0.15, 0.2) is 18.5 Å². The van der Waals surface area contributed by atoms with Crippen LogP contribution in [0.1, 0.15) is 18.1 Å². The number of nitrogens with zero attached hydrogens (tertiary/aromatic N) is 3. The summed E-state index contributed by atoms with van der Waals surface area (Å²) in [7, 11) is 1.60. The van der Waals surface area contributed by atoms with Gasteiger partial charge in [0, 0.05) is 31.4 Å². The van der Waals surface area contributed by atoms with Gasteiger partial charge in [-0.3, -0.25) is 0 Å². The molecule has 0 aliphatic heterocycles. The number of hydrogen-bond acceptors (Lipinski definition) is 5. The van der Waals surface area contributed by atoms with Gasteiger partial charge < -0.3 is 15.0 Å². The molecule has 0 aliphatic carbocycles. The maximum atomic E-state index is 5.09. The lowest BCUT2D eigenvalue weighted by Gasteiger charge is -2.07. The van der Waals surface area contributed by atoms with E-state index < -0.39 is 0 Å². The van der Waals surface area contributed by atoms with Crippen molar-refractivity contribution in [3.63, 3.8) is 0 Å². The predicted molar refractivity (Wildman–Crippen MR) is 68.7 cm³/mol. The highest BCUT2D eigenvalue weighted by atomic mass is 16.5. The Balaban J connectivity index is 1.81. The van der Waals surface area contributed by atoms with Crippen molar-refractivity contribution in [1.29, 1.82) is 0 Å². The predicted octanol–water partition coefficient (Wildman–Crippen LogP) is 1.56. The molecular weight excluding hydrogens is 230 g/mol. The summed E-state index contributed by atoms with van der Waals surface area (Å²) in [5, 5.41) is 3.25. The second kappa shape index (κ2) is 6.00. The van der Waals surface area contributed by atoms with Crippen molar-refractivity contribution in [1.82, 2.24) is 19.9 Å². The maximum Gasteiger partial charge on any atom is 0.218 e. The summed E-state index contributed by atoms with van der Waals surface area (Å²) in [6.45, 7) is 2.68. The third-order valence-electron chi connectivity index (χ3n) is 2.47. The Morgan fingerprint density at radius 2 is 2.28 bits per heavy atom. The van der Waals surface area contributed by atoms with E-state index in [9.17, 15) is 0 Å². The van der Waals surface area contributed by atoms with Crippen LogP contribution >= 0.6 is 0 Å². The van der Waals surface area contributed by atoms with Crippen molar-refractivity contribution in [2.75, 3.05) is 19.0 Å². The van der Waals surface area contributed by atoms with Crippen LogP contribution in [0.3, 0.4) is 0 Å². The molecule has 0 atom stereocenters. The maximum absolute atomic E-state index is 5.09. The van der Waals surface area contributed by atoms with Crippen molar-refractivity contribution in [3.8, 4) is 5.88 Å². The SMILES string of the molecule is COc1cc(NCCCc2ncc[nH]2)nc(C)n1. The van der Waals surface area contributed by atoms with Crippen LogP contribution < -0.4 is 10.1 Å². The van der Waals surface area contributed by atoms with Gasteiger partial charge in [-0.25, -0.2) is 9.97 Å². The first-order chi connectivity index (χ1) is 8.78. The number of ether oxygens (including phenoxy) is 1. The molecule has 0 saturated heterocycles. The minimum Gasteiger partial charge on any atom is -0.481 e. The van der Waals surface area contributed by atoms with Crippen LogP contribution in [0.5, 0.6) is 5.88 Å². The van der Waals surface area contributed by atoms with E-state index in [1.807, 2.05) is 13.1 Å². The quantitative estimate of drug-likeness (QED) is 0.758. The van der Waals surface area contributed by atoms with Crippen molar-refractivity contribution >= 4 is 5.82 Å². The normalized spacial score (nSPS) is 10.3. The zero-order chi connectivity index (χ0) is 12.8. The van der Waals surface area contributed by atoms with Crippen LogP contribution in [0, 0.1) is 6.92 Å². The molecule has 6 nitrogen and oxygen atoms in total. The van der Waals surface area contributed by atoms with Gasteiger partial charge in [0.05, 0.1) is 7.11 Å². The van der Waals surface area contributed by atoms with Crippen molar-refractivity contribution < 1.29 is 4.74 Å². The number of anilines is 1. The zero-order valence-electron chi connectivity index (χ0n) is 10.6. The number of nitrogens with one attached hydrogen (secondary N) is 2. The molecule has 2 N–H and O–H groups in total. The number of H-pyrrole nitrogens is 1. The largest absolute Gasteiger partial charge is 0.481 e. The first kappa shape index (κ1) is 12.3. The molecule has 2 aromatic heterocycles. The molecule has 18 heavy (non-hydrogen) atoms. The summed E-state index contributed by atoms with van der Waals surface area (Å²) < 4.78 is 5.09. The molecule has 0 aliphatic rings. The third kappa shape index (κ3) is 3.44. The third-order valence-corrected chi connectivity index (χ3v) is 2.47. The van der Waals surface area contributed by atoms with Crippen molar-refractivity contribution in [2.45, 2.75) is 19.8 Å². The number of aryl methyl sites for hydroxylation is 2. The summed E-state index contributed by atoms with van der Waals surface area (Å²) in [5.41, 5.74) is 0. The van der Waals surface area contributed by atoms with Crippen molar-refractivity contribution in [2.24, 2.45) is 0 Å². The Morgan fingerprint density at radius 3 is 3.00 bits per heavy atom. The second-order valence-electron chi connectivity index (χ2n) is 3.91. The monoisotopic (exact) mass is 247 g/mol. The summed E-state index contributed by atoms with van der Waals surface area (Å²) in [6.07, 6.45) is 5.50. The van der Waals surface area contributed by atoms with E-state index in [1.54, 1.807) is 19.4 Å². The first-order valence-electron chi connectivity index (χ1n) is 5.90. The lowest BCUT2D eigenvalue weighted by molar-refractivity contribution is 0.396. The fraction of sp³-hybridized carbons (Fsp3) is 0.417. The Morgan fingerprint density at radius 1 is 1.39 bits per heavy atom. The smallest absolute Gasteiger partial charge is 0.218 e. The molecule has 96 valence electrons. The number of aromatic amines is 1. The molecule has 0 spiro atoms. The standard InChI is InChI=1S/C12H17N5O/c1-9-16-11(8-12(17-9)18-2)13-5-3-4-10-14-6-7-15-10/h6-8H,3-5H2,1-2H3,(H,14,15)(H,13,16,17). The number of imidazole rings is 1. The molecule has 0 bridgehead atoms. The Labute approximate surface area is 106 Å². The highest BCUT2D eigenvalue weighted by Gasteiger charge is 2.01. The van der Waals surface area contributed by atoms with E-state index >= 15 is 0 Å². The fourth-order valence-electron chi connectivity index (χ4n) is 1.64. The van der Waals surface area contributed by atoms with Gasteiger partial charge in [-0.05, 0) is 13.3 Å². The lowest BCUT2D eigenvalue weighted by Crippen LogP contribution is -2.07. The average molecular weight is 247 g/mol. The molecule has 2 rings (SSSR count). The summed E-state index contributed by atoms with van der Waals surface area (Å²) in [5.74, 6) is 3.07. The molecule has 0 fully saturated rings. The van der Waals surface area contributed by atoms with Gasteiger partial charge in [0.2, 0.25) is 5.88 Å². The van der Waals surface area contributed by atoms with E-state index in [0.717, 1.165) is 31.0 Å². The highest BCUT2D eigenvalue weighted by Crippen LogP contribution is 2.12. The first-order valence-corrected chi connectivity index (χ1v) is 5.90. The van der Waals surface area contributed by atoms with Gasteiger partial charge in [-0.15, -0.1) is 0 Å². The van der Waals surface area contributed by atoms with E-state index in [1.165, 1.54) is 0 Å². The molecule has 2 heterocycles. The second-order valence-corrected chi connectivity index (χ2v) is 3.91. The topological polar surface area (TPSA) is 75.7 Å². The molecule has 0 saturated carbocycles. The number of rotatable bonds is 6. The van der Waals surface area contributed by atoms with Gasteiger partial charge >= 0.3 is 0 Å². The Hall–Kier alpha value is -2.11. The molecule has 0 radical (unpaired) electrons. The fourth-order valence-corrected chi connectivity index (χ4v) is 1.64. The van der Waals surface area contributed by atoms with Crippen LogP contribution in [0.25, 0.3) is 0 Å². The van der Waals surface area contributed by atoms with Crippen LogP contribution in [0.2, 0.25) is 0 Å². The number of aromatic nitrogens is 4. The molecule has 6 heteroatoms. The minimum absolute atomic E-state index is 0.580. The molecule has 0 aromatic carbocycles. The highest BCUT2D eigenvalue weighted by molar-refractivity contribution is 5.38. The van der Waals surface area contributed by atoms with Crippen LogP contribution in [0.4, 0.5) is 5.82 Å². The lowest BCUT2D eigenvalue weighted by atomic mass is 10.3. The Bertz CT molecular complexity index is 483. The van der Waals surface area contributed by atoms with Crippen LogP contribution in [-0.4, -0.2) is 33.6 Å². The molecule has 0 unspecified atom stereocenters. The molecule has 2 aromatic rings. The van der Waals surface area contributed by atoms with Gasteiger partial charge in [0.1, 0.15) is 17.5 Å². The summed E-state index contributed by atoms with van der Waals surface area (Å²) in [6, 6.07) is 1.79. The van der Waals surface area contributed by atoms with Gasteiger partial charge in [-0.2, -0.15) is 4.98 Å².